The van der Waals surface area contributed by atoms with E-state index < -0.39 is 23.4 Å². The fourth-order valence-electron chi connectivity index (χ4n) is 5.48. The van der Waals surface area contributed by atoms with Gasteiger partial charge in [-0.05, 0) is 91.2 Å². The molecule has 0 nitrogen and oxygen atoms in total. The van der Waals surface area contributed by atoms with Crippen LogP contribution in [0.25, 0.3) is 0 Å². The van der Waals surface area contributed by atoms with Gasteiger partial charge in [-0.3, -0.25) is 0 Å². The fourth-order valence-corrected chi connectivity index (χ4v) is 5.48. The van der Waals surface area contributed by atoms with Crippen LogP contribution in [0.3, 0.4) is 0 Å². The third kappa shape index (κ3) is 3.72. The van der Waals surface area contributed by atoms with Crippen molar-refractivity contribution in [2.24, 2.45) is 11.8 Å². The van der Waals surface area contributed by atoms with E-state index in [1.807, 2.05) is 13.0 Å². The zero-order chi connectivity index (χ0) is 20.8. The molecule has 0 aliphatic heterocycles. The highest BCUT2D eigenvalue weighted by Crippen LogP contribution is 2.54. The summed E-state index contributed by atoms with van der Waals surface area (Å²) in [6, 6.07) is 7.83. The van der Waals surface area contributed by atoms with Gasteiger partial charge in [-0.25, -0.2) is 8.78 Å². The zero-order valence-corrected chi connectivity index (χ0v) is 16.1. The van der Waals surface area contributed by atoms with Crippen LogP contribution >= 0.6 is 0 Å². The van der Waals surface area contributed by atoms with Gasteiger partial charge in [-0.15, -0.1) is 0 Å². The van der Waals surface area contributed by atoms with Gasteiger partial charge in [-0.2, -0.15) is 13.2 Å². The molecule has 2 aromatic rings. The zero-order valence-electron chi connectivity index (χ0n) is 16.1. The standard InChI is InChI=1S/C24H23F5/c1-2-3-14-6-9-18-20(11-10-19-21(18)12-17(25)13-22(19)26)23(14)15-4-7-16(8-5-15)24(27,28)29/h2-5,7-8,12-14,18,20,23H,6,9-11H2,1H3. The van der Waals surface area contributed by atoms with Crippen LogP contribution in [0.2, 0.25) is 0 Å². The molecule has 0 spiro atoms. The third-order valence-corrected chi connectivity index (χ3v) is 6.63. The molecule has 0 heterocycles. The topological polar surface area (TPSA) is 0 Å². The van der Waals surface area contributed by atoms with Crippen LogP contribution in [0.4, 0.5) is 22.0 Å². The van der Waals surface area contributed by atoms with Crippen molar-refractivity contribution >= 4 is 0 Å². The Labute approximate surface area is 167 Å². The van der Waals surface area contributed by atoms with Gasteiger partial charge in [-0.1, -0.05) is 24.3 Å². The van der Waals surface area contributed by atoms with Crippen molar-refractivity contribution in [3.63, 3.8) is 0 Å². The molecule has 29 heavy (non-hydrogen) atoms. The molecule has 2 aromatic carbocycles. The molecule has 4 atom stereocenters. The van der Waals surface area contributed by atoms with Crippen LogP contribution in [-0.4, -0.2) is 0 Å². The van der Waals surface area contributed by atoms with E-state index in [9.17, 15) is 22.0 Å². The first-order valence-corrected chi connectivity index (χ1v) is 10.1. The summed E-state index contributed by atoms with van der Waals surface area (Å²) in [4.78, 5) is 0. The molecule has 1 fully saturated rings. The molecule has 0 bridgehead atoms. The van der Waals surface area contributed by atoms with E-state index in [1.54, 1.807) is 12.1 Å². The van der Waals surface area contributed by atoms with Crippen molar-refractivity contribution < 1.29 is 22.0 Å². The molecule has 5 heteroatoms. The summed E-state index contributed by atoms with van der Waals surface area (Å²) in [5.74, 6) is -0.638. The van der Waals surface area contributed by atoms with Gasteiger partial charge in [0.1, 0.15) is 11.6 Å². The second kappa shape index (κ2) is 7.58. The molecular formula is C24H23F5. The monoisotopic (exact) mass is 406 g/mol. The summed E-state index contributed by atoms with van der Waals surface area (Å²) < 4.78 is 67.2. The van der Waals surface area contributed by atoms with Crippen LogP contribution in [0.5, 0.6) is 0 Å². The van der Waals surface area contributed by atoms with E-state index in [0.717, 1.165) is 48.6 Å². The Kier molecular flexibility index (Phi) is 5.26. The Morgan fingerprint density at radius 3 is 2.34 bits per heavy atom. The number of fused-ring (bicyclic) bond motifs is 3. The average Bonchev–Trinajstić information content (AvgIpc) is 2.67. The van der Waals surface area contributed by atoms with Gasteiger partial charge in [0, 0.05) is 6.07 Å². The predicted octanol–water partition coefficient (Wildman–Crippen LogP) is 7.40. The Hall–Kier alpha value is -2.17. The van der Waals surface area contributed by atoms with E-state index in [2.05, 4.69) is 6.08 Å². The van der Waals surface area contributed by atoms with Crippen LogP contribution in [0, 0.1) is 23.5 Å². The first-order valence-electron chi connectivity index (χ1n) is 10.1. The van der Waals surface area contributed by atoms with Crippen molar-refractivity contribution in [3.8, 4) is 0 Å². The first kappa shape index (κ1) is 20.1. The summed E-state index contributed by atoms with van der Waals surface area (Å²) >= 11 is 0. The van der Waals surface area contributed by atoms with Crippen LogP contribution in [0.15, 0.2) is 48.6 Å². The number of hydrogen-bond donors (Lipinski definition) is 0. The van der Waals surface area contributed by atoms with Gasteiger partial charge in [0.25, 0.3) is 0 Å². The molecule has 0 radical (unpaired) electrons. The minimum absolute atomic E-state index is 0.0257. The van der Waals surface area contributed by atoms with Gasteiger partial charge >= 0.3 is 6.18 Å². The summed E-state index contributed by atoms with van der Waals surface area (Å²) in [7, 11) is 0. The minimum atomic E-state index is -4.37. The summed E-state index contributed by atoms with van der Waals surface area (Å²) in [6.07, 6.45) is 2.69. The highest BCUT2D eigenvalue weighted by atomic mass is 19.4. The molecule has 0 saturated heterocycles. The Morgan fingerprint density at radius 1 is 0.966 bits per heavy atom. The molecule has 2 aliphatic carbocycles. The molecular weight excluding hydrogens is 383 g/mol. The largest absolute Gasteiger partial charge is 0.416 e. The Morgan fingerprint density at radius 2 is 1.69 bits per heavy atom. The lowest BCUT2D eigenvalue weighted by molar-refractivity contribution is -0.137. The maximum absolute atomic E-state index is 14.3. The molecule has 0 amide bonds. The van der Waals surface area contributed by atoms with Crippen LogP contribution in [-0.2, 0) is 12.6 Å². The van der Waals surface area contributed by atoms with Crippen molar-refractivity contribution in [1.82, 2.24) is 0 Å². The molecule has 1 saturated carbocycles. The molecule has 2 aliphatic rings. The lowest BCUT2D eigenvalue weighted by Gasteiger charge is -2.46. The number of hydrogen-bond acceptors (Lipinski definition) is 0. The number of halogens is 5. The second-order valence-corrected chi connectivity index (χ2v) is 8.18. The van der Waals surface area contributed by atoms with Gasteiger partial charge in [0.2, 0.25) is 0 Å². The number of alkyl halides is 3. The average molecular weight is 406 g/mol. The Bertz CT molecular complexity index is 910. The van der Waals surface area contributed by atoms with Crippen LogP contribution < -0.4 is 0 Å². The normalized spacial score (nSPS) is 27.0. The molecule has 0 N–H and O–H groups in total. The Balaban J connectivity index is 1.74. The summed E-state index contributed by atoms with van der Waals surface area (Å²) in [5.41, 5.74) is 1.56. The molecule has 4 unspecified atom stereocenters. The van der Waals surface area contributed by atoms with E-state index in [0.29, 0.717) is 12.0 Å². The van der Waals surface area contributed by atoms with Gasteiger partial charge < -0.3 is 0 Å². The number of rotatable bonds is 2. The van der Waals surface area contributed by atoms with Crippen molar-refractivity contribution in [1.29, 1.82) is 0 Å². The molecule has 0 aromatic heterocycles. The molecule has 154 valence electrons. The van der Waals surface area contributed by atoms with Crippen molar-refractivity contribution in [3.05, 3.63) is 82.4 Å². The van der Waals surface area contributed by atoms with E-state index in [1.165, 1.54) is 6.07 Å². The fraction of sp³-hybridized carbons (Fsp3) is 0.417. The lowest BCUT2D eigenvalue weighted by Crippen LogP contribution is -2.35. The number of benzene rings is 2. The smallest absolute Gasteiger partial charge is 0.207 e. The van der Waals surface area contributed by atoms with E-state index in [-0.39, 0.29) is 23.7 Å². The first-order chi connectivity index (χ1) is 13.8. The van der Waals surface area contributed by atoms with E-state index >= 15 is 0 Å². The summed E-state index contributed by atoms with van der Waals surface area (Å²) in [5, 5.41) is 0. The van der Waals surface area contributed by atoms with Gasteiger partial charge in [0.05, 0.1) is 5.56 Å². The minimum Gasteiger partial charge on any atom is -0.207 e. The lowest BCUT2D eigenvalue weighted by atomic mass is 9.58. The molecule has 4 rings (SSSR count). The van der Waals surface area contributed by atoms with Crippen molar-refractivity contribution in [2.75, 3.05) is 0 Å². The SMILES string of the molecule is CC=CC1CCC2c3cc(F)cc(F)c3CCC2C1c1ccc(C(F)(F)F)cc1. The quantitative estimate of drug-likeness (QED) is 0.360. The number of allylic oxidation sites excluding steroid dienone is 2. The summed E-state index contributed by atoms with van der Waals surface area (Å²) in [6.45, 7) is 1.94. The van der Waals surface area contributed by atoms with Crippen molar-refractivity contribution in [2.45, 2.75) is 50.6 Å². The third-order valence-electron chi connectivity index (χ3n) is 6.63. The maximum Gasteiger partial charge on any atom is 0.416 e. The second-order valence-electron chi connectivity index (χ2n) is 8.18. The predicted molar refractivity (Wildman–Crippen MR) is 103 cm³/mol. The van der Waals surface area contributed by atoms with E-state index in [4.69, 9.17) is 0 Å². The maximum atomic E-state index is 14.3. The van der Waals surface area contributed by atoms with Gasteiger partial charge in [0.15, 0.2) is 0 Å². The van der Waals surface area contributed by atoms with Crippen LogP contribution in [0.1, 0.15) is 60.3 Å². The highest BCUT2D eigenvalue weighted by Gasteiger charge is 2.43. The highest BCUT2D eigenvalue weighted by molar-refractivity contribution is 5.39.